The minimum atomic E-state index is -3.42. The number of rotatable bonds is 7. The Bertz CT molecular complexity index is 903. The number of hydrogen-bond acceptors (Lipinski definition) is 3. The summed E-state index contributed by atoms with van der Waals surface area (Å²) >= 11 is 0. The summed E-state index contributed by atoms with van der Waals surface area (Å²) in [5.41, 5.74) is 1.23. The van der Waals surface area contributed by atoms with Gasteiger partial charge in [-0.3, -0.25) is 4.79 Å². The highest BCUT2D eigenvalue weighted by atomic mass is 32.2. The number of carbonyl (C=O) groups excluding carboxylic acids is 1. The van der Waals surface area contributed by atoms with Gasteiger partial charge in [0.25, 0.3) is 0 Å². The van der Waals surface area contributed by atoms with Gasteiger partial charge in [0, 0.05) is 13.1 Å². The Labute approximate surface area is 165 Å². The van der Waals surface area contributed by atoms with Gasteiger partial charge in [-0.05, 0) is 43.4 Å². The first kappa shape index (κ1) is 20.5. The van der Waals surface area contributed by atoms with Crippen molar-refractivity contribution in [1.29, 1.82) is 0 Å². The average molecular weight is 405 g/mol. The van der Waals surface area contributed by atoms with Crippen molar-refractivity contribution in [2.24, 2.45) is 5.92 Å². The number of sulfonamides is 1. The predicted octanol–water partition coefficient (Wildman–Crippen LogP) is 3.44. The number of halogens is 1. The first-order chi connectivity index (χ1) is 13.5. The molecule has 0 aromatic heterocycles. The lowest BCUT2D eigenvalue weighted by molar-refractivity contribution is -0.120. The van der Waals surface area contributed by atoms with Gasteiger partial charge in [0.15, 0.2) is 0 Å². The third-order valence-corrected chi connectivity index (χ3v) is 6.91. The number of nitrogens with one attached hydrogen (secondary N) is 1. The minimum absolute atomic E-state index is 0.0591. The second-order valence-corrected chi connectivity index (χ2v) is 9.16. The number of nitrogens with zero attached hydrogens (tertiary/aromatic N) is 1. The summed E-state index contributed by atoms with van der Waals surface area (Å²) in [6.45, 7) is 0.575. The zero-order valence-corrected chi connectivity index (χ0v) is 16.5. The zero-order valence-electron chi connectivity index (χ0n) is 15.7. The summed E-state index contributed by atoms with van der Waals surface area (Å²) in [6, 6.07) is 15.7. The monoisotopic (exact) mass is 404 g/mol. The van der Waals surface area contributed by atoms with E-state index in [4.69, 9.17) is 0 Å². The highest BCUT2D eigenvalue weighted by Crippen LogP contribution is 2.22. The van der Waals surface area contributed by atoms with Gasteiger partial charge < -0.3 is 5.32 Å². The molecule has 0 spiro atoms. The normalized spacial score (nSPS) is 18.0. The number of para-hydroxylation sites is 1. The number of anilines is 1. The fraction of sp³-hybridized carbons (Fsp3) is 0.381. The van der Waals surface area contributed by atoms with Gasteiger partial charge in [-0.15, -0.1) is 0 Å². The third kappa shape index (κ3) is 5.39. The van der Waals surface area contributed by atoms with Crippen LogP contribution in [-0.4, -0.2) is 37.5 Å². The molecule has 0 bridgehead atoms. The van der Waals surface area contributed by atoms with Crippen molar-refractivity contribution in [3.05, 3.63) is 66.0 Å². The number of benzene rings is 2. The van der Waals surface area contributed by atoms with E-state index in [1.807, 2.05) is 30.3 Å². The molecule has 1 aliphatic heterocycles. The van der Waals surface area contributed by atoms with Crippen molar-refractivity contribution < 1.29 is 17.6 Å². The molecule has 3 rings (SSSR count). The first-order valence-electron chi connectivity index (χ1n) is 9.53. The van der Waals surface area contributed by atoms with E-state index < -0.39 is 21.8 Å². The summed E-state index contributed by atoms with van der Waals surface area (Å²) in [5, 5.41) is 2.58. The minimum Gasteiger partial charge on any atom is -0.323 e. The van der Waals surface area contributed by atoms with Crippen LogP contribution in [0.4, 0.5) is 10.1 Å². The van der Waals surface area contributed by atoms with Gasteiger partial charge in [0.1, 0.15) is 5.82 Å². The van der Waals surface area contributed by atoms with E-state index in [9.17, 15) is 17.6 Å². The standard InChI is InChI=1S/C21H25FN2O3S/c22-19-12-4-5-13-20(19)23-21(25)18-11-6-14-24(16-18)28(26,27)15-7-10-17-8-2-1-3-9-17/h1-5,8-9,12-13,18H,6-7,10-11,14-16H2,(H,23,25). The van der Waals surface area contributed by atoms with Gasteiger partial charge in [-0.25, -0.2) is 17.1 Å². The molecule has 7 heteroatoms. The van der Waals surface area contributed by atoms with E-state index in [1.54, 1.807) is 12.1 Å². The topological polar surface area (TPSA) is 66.5 Å². The molecule has 1 aliphatic rings. The van der Waals surface area contributed by atoms with Crippen LogP contribution in [0.2, 0.25) is 0 Å². The molecule has 2 aromatic rings. The number of amides is 1. The molecule has 0 saturated carbocycles. The molecule has 28 heavy (non-hydrogen) atoms. The lowest BCUT2D eigenvalue weighted by atomic mass is 9.98. The van der Waals surface area contributed by atoms with Gasteiger partial charge in [0.2, 0.25) is 15.9 Å². The van der Waals surface area contributed by atoms with Gasteiger partial charge in [-0.1, -0.05) is 42.5 Å². The lowest BCUT2D eigenvalue weighted by Crippen LogP contribution is -2.44. The molecule has 150 valence electrons. The van der Waals surface area contributed by atoms with Crippen molar-refractivity contribution in [2.45, 2.75) is 25.7 Å². The van der Waals surface area contributed by atoms with Crippen LogP contribution in [0.1, 0.15) is 24.8 Å². The maximum absolute atomic E-state index is 13.7. The molecule has 1 heterocycles. The van der Waals surface area contributed by atoms with Crippen LogP contribution in [-0.2, 0) is 21.2 Å². The Morgan fingerprint density at radius 2 is 1.82 bits per heavy atom. The van der Waals surface area contributed by atoms with Gasteiger partial charge in [0.05, 0.1) is 17.4 Å². The molecular weight excluding hydrogens is 379 g/mol. The molecule has 2 aromatic carbocycles. The molecule has 1 saturated heterocycles. The average Bonchev–Trinajstić information content (AvgIpc) is 2.70. The molecule has 1 amide bonds. The lowest BCUT2D eigenvalue weighted by Gasteiger charge is -2.31. The molecular formula is C21H25FN2O3S. The van der Waals surface area contributed by atoms with Crippen LogP contribution >= 0.6 is 0 Å². The highest BCUT2D eigenvalue weighted by molar-refractivity contribution is 7.89. The summed E-state index contributed by atoms with van der Waals surface area (Å²) in [7, 11) is -3.42. The maximum atomic E-state index is 13.7. The van der Waals surface area contributed by atoms with Gasteiger partial charge in [-0.2, -0.15) is 0 Å². The van der Waals surface area contributed by atoms with E-state index in [1.165, 1.54) is 16.4 Å². The molecule has 1 atom stereocenters. The zero-order chi connectivity index (χ0) is 20.0. The van der Waals surface area contributed by atoms with Crippen molar-refractivity contribution in [2.75, 3.05) is 24.2 Å². The summed E-state index contributed by atoms with van der Waals surface area (Å²) < 4.78 is 40.5. The summed E-state index contributed by atoms with van der Waals surface area (Å²) in [5.74, 6) is -1.26. The Morgan fingerprint density at radius 1 is 1.11 bits per heavy atom. The first-order valence-corrected chi connectivity index (χ1v) is 11.1. The van der Waals surface area contributed by atoms with Crippen LogP contribution in [0.25, 0.3) is 0 Å². The Kier molecular flexibility index (Phi) is 6.80. The Hall–Kier alpha value is -2.25. The third-order valence-electron chi connectivity index (χ3n) is 4.99. The molecule has 5 nitrogen and oxygen atoms in total. The van der Waals surface area contributed by atoms with E-state index in [0.717, 1.165) is 5.56 Å². The predicted molar refractivity (Wildman–Crippen MR) is 108 cm³/mol. The molecule has 0 aliphatic carbocycles. The van der Waals surface area contributed by atoms with Crippen LogP contribution in [0, 0.1) is 11.7 Å². The second kappa shape index (κ2) is 9.30. The van der Waals surface area contributed by atoms with Crippen molar-refractivity contribution >= 4 is 21.6 Å². The van der Waals surface area contributed by atoms with Crippen molar-refractivity contribution in [3.8, 4) is 0 Å². The Morgan fingerprint density at radius 3 is 2.57 bits per heavy atom. The molecule has 0 radical (unpaired) electrons. The SMILES string of the molecule is O=C(Nc1ccccc1F)C1CCCN(S(=O)(=O)CCCc2ccccc2)C1. The van der Waals surface area contributed by atoms with Gasteiger partial charge >= 0.3 is 0 Å². The number of carbonyl (C=O) groups is 1. The summed E-state index contributed by atoms with van der Waals surface area (Å²) in [6.07, 6.45) is 2.45. The van der Waals surface area contributed by atoms with E-state index in [2.05, 4.69) is 5.32 Å². The fourth-order valence-electron chi connectivity index (χ4n) is 3.44. The van der Waals surface area contributed by atoms with Crippen LogP contribution in [0.15, 0.2) is 54.6 Å². The summed E-state index contributed by atoms with van der Waals surface area (Å²) in [4.78, 5) is 12.5. The molecule has 1 unspecified atom stereocenters. The van der Waals surface area contributed by atoms with E-state index in [-0.39, 0.29) is 23.9 Å². The fourth-order valence-corrected chi connectivity index (χ4v) is 5.02. The highest BCUT2D eigenvalue weighted by Gasteiger charge is 2.32. The maximum Gasteiger partial charge on any atom is 0.228 e. The number of aryl methyl sites for hydroxylation is 1. The smallest absolute Gasteiger partial charge is 0.228 e. The largest absolute Gasteiger partial charge is 0.323 e. The number of hydrogen-bond donors (Lipinski definition) is 1. The van der Waals surface area contributed by atoms with Crippen molar-refractivity contribution in [3.63, 3.8) is 0 Å². The Balaban J connectivity index is 1.55. The van der Waals surface area contributed by atoms with Crippen LogP contribution in [0.5, 0.6) is 0 Å². The van der Waals surface area contributed by atoms with Crippen molar-refractivity contribution in [1.82, 2.24) is 4.31 Å². The van der Waals surface area contributed by atoms with E-state index in [0.29, 0.717) is 32.2 Å². The molecule has 1 N–H and O–H groups in total. The van der Waals surface area contributed by atoms with Crippen LogP contribution < -0.4 is 5.32 Å². The number of piperidine rings is 1. The molecule has 1 fully saturated rings. The van der Waals surface area contributed by atoms with Crippen LogP contribution in [0.3, 0.4) is 0 Å². The second-order valence-electron chi connectivity index (χ2n) is 7.07. The quantitative estimate of drug-likeness (QED) is 0.769. The van der Waals surface area contributed by atoms with E-state index >= 15 is 0 Å².